The second-order valence-electron chi connectivity index (χ2n) is 3.33. The minimum absolute atomic E-state index is 0.205. The zero-order valence-corrected chi connectivity index (χ0v) is 6.71. The summed E-state index contributed by atoms with van der Waals surface area (Å²) in [7, 11) is 0. The zero-order chi connectivity index (χ0) is 7.40. The maximum absolute atomic E-state index is 9.05. The molecule has 1 unspecified atom stereocenters. The van der Waals surface area contributed by atoms with Crippen LogP contribution < -0.4 is 0 Å². The molecule has 10 heavy (non-hydrogen) atoms. The van der Waals surface area contributed by atoms with Crippen molar-refractivity contribution in [3.05, 3.63) is 6.42 Å². The highest BCUT2D eigenvalue weighted by molar-refractivity contribution is 4.82. The van der Waals surface area contributed by atoms with Crippen LogP contribution in [0.5, 0.6) is 0 Å². The third-order valence-electron chi connectivity index (χ3n) is 2.20. The lowest BCUT2D eigenvalue weighted by Crippen LogP contribution is -2.13. The van der Waals surface area contributed by atoms with Gasteiger partial charge in [0.2, 0.25) is 0 Å². The summed E-state index contributed by atoms with van der Waals surface area (Å²) >= 11 is 0. The van der Waals surface area contributed by atoms with Crippen molar-refractivity contribution in [3.63, 3.8) is 0 Å². The Kier molecular flexibility index (Phi) is 3.20. The van der Waals surface area contributed by atoms with Crippen LogP contribution in [-0.2, 0) is 0 Å². The summed E-state index contributed by atoms with van der Waals surface area (Å²) in [6, 6.07) is 0. The van der Waals surface area contributed by atoms with Crippen LogP contribution in [0.2, 0.25) is 0 Å². The molecule has 1 rings (SSSR count). The highest BCUT2D eigenvalue weighted by Crippen LogP contribution is 2.26. The quantitative estimate of drug-likeness (QED) is 0.624. The number of hydrogen-bond acceptors (Lipinski definition) is 1. The second kappa shape index (κ2) is 3.97. The van der Waals surface area contributed by atoms with Crippen LogP contribution in [-0.4, -0.2) is 11.2 Å². The summed E-state index contributed by atoms with van der Waals surface area (Å²) in [6.07, 6.45) is 8.57. The lowest BCUT2D eigenvalue weighted by Gasteiger charge is -2.21. The first-order valence-corrected chi connectivity index (χ1v) is 4.32. The first kappa shape index (κ1) is 8.06. The van der Waals surface area contributed by atoms with Gasteiger partial charge in [0.15, 0.2) is 0 Å². The normalized spacial score (nSPS) is 24.6. The van der Waals surface area contributed by atoms with Crippen molar-refractivity contribution in [1.82, 2.24) is 0 Å². The number of aliphatic hydroxyl groups is 1. The van der Waals surface area contributed by atoms with Crippen LogP contribution in [0.3, 0.4) is 0 Å². The van der Waals surface area contributed by atoms with Crippen LogP contribution in [0.15, 0.2) is 0 Å². The van der Waals surface area contributed by atoms with Gasteiger partial charge in [0.05, 0.1) is 6.10 Å². The van der Waals surface area contributed by atoms with Crippen LogP contribution in [0.25, 0.3) is 0 Å². The van der Waals surface area contributed by atoms with Gasteiger partial charge in [-0.25, -0.2) is 0 Å². The highest BCUT2D eigenvalue weighted by atomic mass is 16.3. The van der Waals surface area contributed by atoms with Gasteiger partial charge in [-0.2, -0.15) is 0 Å². The number of aliphatic hydroxyl groups excluding tert-OH is 1. The van der Waals surface area contributed by atoms with Crippen LogP contribution in [0.4, 0.5) is 0 Å². The molecule has 59 valence electrons. The van der Waals surface area contributed by atoms with E-state index < -0.39 is 0 Å². The van der Waals surface area contributed by atoms with E-state index in [1.807, 2.05) is 6.92 Å². The fourth-order valence-electron chi connectivity index (χ4n) is 1.72. The molecule has 1 atom stereocenters. The molecule has 1 N–H and O–H groups in total. The fraction of sp³-hybridized carbons (Fsp3) is 0.889. The summed E-state index contributed by atoms with van der Waals surface area (Å²) in [5.41, 5.74) is 0. The molecule has 0 aromatic heterocycles. The average molecular weight is 141 g/mol. The lowest BCUT2D eigenvalue weighted by molar-refractivity contribution is 0.201. The SMILES string of the molecule is CC(O)[CH]C1CCCCC1. The van der Waals surface area contributed by atoms with Gasteiger partial charge < -0.3 is 5.11 Å². The molecule has 0 spiro atoms. The Morgan fingerprint density at radius 2 is 1.90 bits per heavy atom. The molecular weight excluding hydrogens is 124 g/mol. The van der Waals surface area contributed by atoms with Crippen LogP contribution in [0.1, 0.15) is 39.0 Å². The van der Waals surface area contributed by atoms with Crippen molar-refractivity contribution in [2.45, 2.75) is 45.1 Å². The smallest absolute Gasteiger partial charge is 0.0546 e. The first-order chi connectivity index (χ1) is 4.79. The van der Waals surface area contributed by atoms with Crippen LogP contribution >= 0.6 is 0 Å². The molecule has 0 bridgehead atoms. The second-order valence-corrected chi connectivity index (χ2v) is 3.33. The minimum atomic E-state index is -0.205. The van der Waals surface area contributed by atoms with Crippen molar-refractivity contribution in [2.24, 2.45) is 5.92 Å². The zero-order valence-electron chi connectivity index (χ0n) is 6.71. The maximum atomic E-state index is 9.05. The lowest BCUT2D eigenvalue weighted by atomic mass is 9.86. The molecule has 0 heterocycles. The van der Waals surface area contributed by atoms with E-state index in [9.17, 15) is 0 Å². The summed E-state index contributed by atoms with van der Waals surface area (Å²) in [6.45, 7) is 1.84. The van der Waals surface area contributed by atoms with Gasteiger partial charge in [-0.15, -0.1) is 0 Å². The van der Waals surface area contributed by atoms with E-state index in [0.29, 0.717) is 5.92 Å². The Labute approximate surface area is 63.4 Å². The van der Waals surface area contributed by atoms with Gasteiger partial charge in [-0.3, -0.25) is 0 Å². The predicted molar refractivity (Wildman–Crippen MR) is 42.6 cm³/mol. The van der Waals surface area contributed by atoms with Gasteiger partial charge in [-0.1, -0.05) is 32.1 Å². The molecule has 0 aromatic rings. The summed E-state index contributed by atoms with van der Waals surface area (Å²) in [5, 5.41) is 9.05. The molecule has 1 nitrogen and oxygen atoms in total. The first-order valence-electron chi connectivity index (χ1n) is 4.32. The average Bonchev–Trinajstić information content (AvgIpc) is 1.88. The minimum Gasteiger partial charge on any atom is -0.393 e. The molecule has 0 aromatic carbocycles. The third kappa shape index (κ3) is 2.70. The van der Waals surface area contributed by atoms with Crippen molar-refractivity contribution in [2.75, 3.05) is 0 Å². The van der Waals surface area contributed by atoms with Crippen molar-refractivity contribution in [1.29, 1.82) is 0 Å². The Morgan fingerprint density at radius 3 is 2.40 bits per heavy atom. The molecule has 1 fully saturated rings. The predicted octanol–water partition coefficient (Wildman–Crippen LogP) is 2.15. The fourth-order valence-corrected chi connectivity index (χ4v) is 1.72. The Balaban J connectivity index is 2.13. The Hall–Kier alpha value is -0.0400. The molecule has 0 aliphatic heterocycles. The number of rotatable bonds is 2. The standard InChI is InChI=1S/C9H17O/c1-8(10)7-9-5-3-2-4-6-9/h7-10H,2-6H2,1H3. The Morgan fingerprint density at radius 1 is 1.30 bits per heavy atom. The van der Waals surface area contributed by atoms with E-state index in [0.717, 1.165) is 0 Å². The van der Waals surface area contributed by atoms with Crippen molar-refractivity contribution < 1.29 is 5.11 Å². The van der Waals surface area contributed by atoms with Gasteiger partial charge >= 0.3 is 0 Å². The van der Waals surface area contributed by atoms with E-state index in [4.69, 9.17) is 5.11 Å². The third-order valence-corrected chi connectivity index (χ3v) is 2.20. The van der Waals surface area contributed by atoms with Gasteiger partial charge in [-0.05, 0) is 19.3 Å². The van der Waals surface area contributed by atoms with Gasteiger partial charge in [0, 0.05) is 0 Å². The molecule has 1 aliphatic rings. The topological polar surface area (TPSA) is 20.2 Å². The molecule has 1 heteroatoms. The van der Waals surface area contributed by atoms with E-state index in [2.05, 4.69) is 6.42 Å². The molecule has 0 amide bonds. The molecule has 0 saturated heterocycles. The number of hydrogen-bond donors (Lipinski definition) is 1. The molecule has 1 radical (unpaired) electrons. The van der Waals surface area contributed by atoms with Crippen molar-refractivity contribution in [3.8, 4) is 0 Å². The maximum Gasteiger partial charge on any atom is 0.0546 e. The van der Waals surface area contributed by atoms with E-state index in [-0.39, 0.29) is 6.10 Å². The van der Waals surface area contributed by atoms with Crippen molar-refractivity contribution >= 4 is 0 Å². The highest BCUT2D eigenvalue weighted by Gasteiger charge is 2.14. The van der Waals surface area contributed by atoms with Crippen LogP contribution in [0, 0.1) is 12.3 Å². The Bertz CT molecular complexity index is 82.7. The van der Waals surface area contributed by atoms with Gasteiger partial charge in [0.1, 0.15) is 0 Å². The van der Waals surface area contributed by atoms with E-state index in [1.54, 1.807) is 0 Å². The summed E-state index contributed by atoms with van der Waals surface area (Å²) in [5.74, 6) is 0.703. The molecule has 1 saturated carbocycles. The largest absolute Gasteiger partial charge is 0.393 e. The monoisotopic (exact) mass is 141 g/mol. The summed E-state index contributed by atoms with van der Waals surface area (Å²) in [4.78, 5) is 0. The van der Waals surface area contributed by atoms with E-state index >= 15 is 0 Å². The van der Waals surface area contributed by atoms with E-state index in [1.165, 1.54) is 32.1 Å². The molecule has 1 aliphatic carbocycles. The summed E-state index contributed by atoms with van der Waals surface area (Å²) < 4.78 is 0. The molecular formula is C9H17O. The van der Waals surface area contributed by atoms with Gasteiger partial charge in [0.25, 0.3) is 0 Å².